The highest BCUT2D eigenvalue weighted by Crippen LogP contribution is 2.30. The Hall–Kier alpha value is -0.750. The van der Waals surface area contributed by atoms with E-state index in [9.17, 15) is 0 Å². The molecule has 1 fully saturated rings. The van der Waals surface area contributed by atoms with E-state index in [0.717, 1.165) is 45.0 Å². The van der Waals surface area contributed by atoms with Crippen molar-refractivity contribution in [1.29, 1.82) is 0 Å². The van der Waals surface area contributed by atoms with Crippen molar-refractivity contribution in [3.05, 3.63) is 55.9 Å². The molecule has 3 nitrogen and oxygen atoms in total. The first kappa shape index (κ1) is 21.0. The molecule has 1 saturated heterocycles. The number of hydrogen-bond acceptors (Lipinski definition) is 3. The number of benzene rings is 2. The summed E-state index contributed by atoms with van der Waals surface area (Å²) in [6.45, 7) is 3.61. The highest BCUT2D eigenvalue weighted by atomic mass is 79.9. The molecule has 1 heterocycles. The molecule has 2 aromatic rings. The van der Waals surface area contributed by atoms with Crippen molar-refractivity contribution < 1.29 is 9.47 Å². The molecule has 0 radical (unpaired) electrons. The monoisotopic (exact) mass is 515 g/mol. The molecule has 27 heavy (non-hydrogen) atoms. The van der Waals surface area contributed by atoms with Gasteiger partial charge in [-0.2, -0.15) is 0 Å². The molecule has 1 aliphatic rings. The molecule has 0 spiro atoms. The van der Waals surface area contributed by atoms with Gasteiger partial charge in [-0.25, -0.2) is 0 Å². The van der Waals surface area contributed by atoms with Gasteiger partial charge < -0.3 is 14.8 Å². The highest BCUT2D eigenvalue weighted by molar-refractivity contribution is 9.10. The van der Waals surface area contributed by atoms with E-state index in [0.29, 0.717) is 11.6 Å². The van der Waals surface area contributed by atoms with Crippen LogP contribution in [0.4, 0.5) is 0 Å². The molecule has 6 heteroatoms. The number of ether oxygens (including phenoxy) is 2. The quantitative estimate of drug-likeness (QED) is 0.360. The van der Waals surface area contributed by atoms with Crippen LogP contribution >= 0.6 is 43.5 Å². The third-order valence-electron chi connectivity index (χ3n) is 4.66. The second kappa shape index (κ2) is 10.7. The zero-order valence-electron chi connectivity index (χ0n) is 15.1. The third kappa shape index (κ3) is 6.67. The largest absolute Gasteiger partial charge is 0.492 e. The van der Waals surface area contributed by atoms with Gasteiger partial charge in [-0.3, -0.25) is 0 Å². The predicted molar refractivity (Wildman–Crippen MR) is 118 cm³/mol. The van der Waals surface area contributed by atoms with Crippen LogP contribution in [-0.4, -0.2) is 19.7 Å². The Kier molecular flexibility index (Phi) is 8.31. The van der Waals surface area contributed by atoms with Crippen molar-refractivity contribution in [3.63, 3.8) is 0 Å². The molecule has 0 amide bonds. The Morgan fingerprint density at radius 2 is 1.78 bits per heavy atom. The molecule has 146 valence electrons. The van der Waals surface area contributed by atoms with Crippen LogP contribution in [0.1, 0.15) is 31.2 Å². The van der Waals surface area contributed by atoms with Gasteiger partial charge in [-0.15, -0.1) is 0 Å². The van der Waals surface area contributed by atoms with Crippen molar-refractivity contribution in [3.8, 4) is 11.5 Å². The molecule has 2 aromatic carbocycles. The number of halogens is 3. The van der Waals surface area contributed by atoms with Crippen LogP contribution < -0.4 is 14.8 Å². The summed E-state index contributed by atoms with van der Waals surface area (Å²) in [5.74, 6) is 2.54. The molecule has 1 N–H and O–H groups in total. The fraction of sp³-hybridized carbons (Fsp3) is 0.429. The van der Waals surface area contributed by atoms with E-state index in [-0.39, 0.29) is 0 Å². The summed E-state index contributed by atoms with van der Waals surface area (Å²) in [6.07, 6.45) is 4.94. The Morgan fingerprint density at radius 3 is 2.52 bits per heavy atom. The molecule has 0 saturated carbocycles. The number of nitrogens with one attached hydrogen (secondary N) is 1. The smallest absolute Gasteiger partial charge is 0.134 e. The Balaban J connectivity index is 1.43. The van der Waals surface area contributed by atoms with Crippen molar-refractivity contribution in [1.82, 2.24) is 5.32 Å². The Bertz CT molecular complexity index is 753. The lowest BCUT2D eigenvalue weighted by Crippen LogP contribution is -2.41. The summed E-state index contributed by atoms with van der Waals surface area (Å²) in [5, 5.41) is 4.00. The first-order valence-corrected chi connectivity index (χ1v) is 11.3. The summed E-state index contributed by atoms with van der Waals surface area (Å²) in [4.78, 5) is 0. The number of hydrogen-bond donors (Lipinski definition) is 1. The van der Waals surface area contributed by atoms with E-state index in [1.54, 1.807) is 0 Å². The van der Waals surface area contributed by atoms with E-state index in [2.05, 4.69) is 37.2 Å². The summed E-state index contributed by atoms with van der Waals surface area (Å²) < 4.78 is 13.7. The minimum Gasteiger partial charge on any atom is -0.492 e. The van der Waals surface area contributed by atoms with E-state index in [4.69, 9.17) is 21.1 Å². The number of unbranched alkanes of at least 4 members (excludes halogenated alkanes) is 2. The van der Waals surface area contributed by atoms with E-state index in [1.165, 1.54) is 32.4 Å². The normalized spacial score (nSPS) is 14.0. The van der Waals surface area contributed by atoms with Crippen LogP contribution in [0, 0.1) is 5.92 Å². The molecule has 0 unspecified atom stereocenters. The molecular formula is C21H24Br2ClNO2. The van der Waals surface area contributed by atoms with Gasteiger partial charge in [0.05, 0.1) is 15.6 Å². The molecule has 0 aromatic heterocycles. The summed E-state index contributed by atoms with van der Waals surface area (Å²) >= 11 is 13.0. The summed E-state index contributed by atoms with van der Waals surface area (Å²) in [6, 6.07) is 11.6. The SMILES string of the molecule is Clc1ccc(OCc2ccc(Br)c(OCCCCCC3CNC3)c2)c(Br)c1. The van der Waals surface area contributed by atoms with Gasteiger partial charge in [0.25, 0.3) is 0 Å². The van der Waals surface area contributed by atoms with E-state index < -0.39 is 0 Å². The van der Waals surface area contributed by atoms with Gasteiger partial charge in [0.2, 0.25) is 0 Å². The van der Waals surface area contributed by atoms with Gasteiger partial charge in [-0.05, 0) is 99.6 Å². The third-order valence-corrected chi connectivity index (χ3v) is 6.17. The van der Waals surface area contributed by atoms with Gasteiger partial charge >= 0.3 is 0 Å². The van der Waals surface area contributed by atoms with Gasteiger partial charge in [-0.1, -0.05) is 30.5 Å². The van der Waals surface area contributed by atoms with Crippen LogP contribution in [-0.2, 0) is 6.61 Å². The average molecular weight is 518 g/mol. The Labute approximate surface area is 183 Å². The molecular weight excluding hydrogens is 493 g/mol. The van der Waals surface area contributed by atoms with Crippen molar-refractivity contribution in [2.24, 2.45) is 5.92 Å². The van der Waals surface area contributed by atoms with Gasteiger partial charge in [0.1, 0.15) is 18.1 Å². The van der Waals surface area contributed by atoms with Crippen molar-refractivity contribution in [2.75, 3.05) is 19.7 Å². The predicted octanol–water partition coefficient (Wildman–Crippen LogP) is 6.60. The van der Waals surface area contributed by atoms with Crippen molar-refractivity contribution in [2.45, 2.75) is 32.3 Å². The standard InChI is InChI=1S/C21H24Br2ClNO2/c22-18-7-5-15(14-27-20-8-6-17(24)11-19(20)23)10-21(18)26-9-3-1-2-4-16-12-25-13-16/h5-8,10-11,16,25H,1-4,9,12-14H2. The number of rotatable bonds is 10. The van der Waals surface area contributed by atoms with Crippen LogP contribution in [0.2, 0.25) is 5.02 Å². The minimum absolute atomic E-state index is 0.472. The van der Waals surface area contributed by atoms with Crippen LogP contribution in [0.15, 0.2) is 45.3 Å². The summed E-state index contributed by atoms with van der Waals surface area (Å²) in [5.41, 5.74) is 1.06. The maximum Gasteiger partial charge on any atom is 0.134 e. The minimum atomic E-state index is 0.472. The van der Waals surface area contributed by atoms with Crippen LogP contribution in [0.25, 0.3) is 0 Å². The topological polar surface area (TPSA) is 30.5 Å². The van der Waals surface area contributed by atoms with Gasteiger partial charge in [0.15, 0.2) is 0 Å². The molecule has 0 bridgehead atoms. The molecule has 3 rings (SSSR count). The van der Waals surface area contributed by atoms with Crippen molar-refractivity contribution >= 4 is 43.5 Å². The zero-order valence-corrected chi connectivity index (χ0v) is 19.1. The lowest BCUT2D eigenvalue weighted by atomic mass is 9.96. The fourth-order valence-electron chi connectivity index (χ4n) is 2.95. The summed E-state index contributed by atoms with van der Waals surface area (Å²) in [7, 11) is 0. The molecule has 0 aliphatic carbocycles. The van der Waals surface area contributed by atoms with E-state index in [1.807, 2.05) is 36.4 Å². The second-order valence-electron chi connectivity index (χ2n) is 6.85. The molecule has 0 atom stereocenters. The van der Waals surface area contributed by atoms with E-state index >= 15 is 0 Å². The first-order valence-electron chi connectivity index (χ1n) is 9.31. The lowest BCUT2D eigenvalue weighted by Gasteiger charge is -2.26. The first-order chi connectivity index (χ1) is 13.1. The zero-order chi connectivity index (χ0) is 19.1. The second-order valence-corrected chi connectivity index (χ2v) is 9.00. The lowest BCUT2D eigenvalue weighted by molar-refractivity contribution is 0.284. The van der Waals surface area contributed by atoms with Crippen LogP contribution in [0.5, 0.6) is 11.5 Å². The Morgan fingerprint density at radius 1 is 0.926 bits per heavy atom. The van der Waals surface area contributed by atoms with Gasteiger partial charge in [0, 0.05) is 5.02 Å². The van der Waals surface area contributed by atoms with Crippen LogP contribution in [0.3, 0.4) is 0 Å². The maximum absolute atomic E-state index is 5.97. The molecule has 1 aliphatic heterocycles. The maximum atomic E-state index is 5.97. The fourth-order valence-corrected chi connectivity index (χ4v) is 4.11. The average Bonchev–Trinajstić information content (AvgIpc) is 2.60. The highest BCUT2D eigenvalue weighted by Gasteiger charge is 2.15.